The molecule has 8 heteroatoms. The van der Waals surface area contributed by atoms with Crippen molar-refractivity contribution in [3.05, 3.63) is 63.4 Å². The van der Waals surface area contributed by atoms with Gasteiger partial charge in [-0.05, 0) is 42.7 Å². The molecule has 1 aliphatic heterocycles. The maximum atomic E-state index is 12.9. The van der Waals surface area contributed by atoms with Gasteiger partial charge in [-0.25, -0.2) is 8.42 Å². The highest BCUT2D eigenvalue weighted by Gasteiger charge is 2.29. The SMILES string of the molecule is COC(=O)CCC#Cc1cc(Cl)ccc1NS(=O)(=O)C1=C2C=COC=C2CC1. The molecular formula is C20H18ClNO5S. The minimum atomic E-state index is -3.77. The van der Waals surface area contributed by atoms with Gasteiger partial charge in [0.2, 0.25) is 0 Å². The van der Waals surface area contributed by atoms with E-state index in [1.165, 1.54) is 13.4 Å². The van der Waals surface area contributed by atoms with E-state index in [0.29, 0.717) is 46.0 Å². The van der Waals surface area contributed by atoms with E-state index in [2.05, 4.69) is 21.3 Å². The number of methoxy groups -OCH3 is 1. The average Bonchev–Trinajstić information content (AvgIpc) is 3.12. The van der Waals surface area contributed by atoms with Crippen LogP contribution in [-0.4, -0.2) is 21.5 Å². The van der Waals surface area contributed by atoms with Crippen LogP contribution in [0, 0.1) is 11.8 Å². The van der Waals surface area contributed by atoms with Crippen LogP contribution in [0.1, 0.15) is 31.2 Å². The van der Waals surface area contributed by atoms with E-state index in [9.17, 15) is 13.2 Å². The molecule has 0 unspecified atom stereocenters. The molecule has 0 saturated heterocycles. The molecule has 28 heavy (non-hydrogen) atoms. The first-order chi connectivity index (χ1) is 13.4. The zero-order valence-corrected chi connectivity index (χ0v) is 16.7. The predicted octanol–water partition coefficient (Wildman–Crippen LogP) is 3.86. The Balaban J connectivity index is 1.85. The first kappa shape index (κ1) is 20.1. The lowest BCUT2D eigenvalue weighted by atomic mass is 10.1. The second kappa shape index (κ2) is 8.55. The lowest BCUT2D eigenvalue weighted by Crippen LogP contribution is -2.16. The van der Waals surface area contributed by atoms with Gasteiger partial charge in [-0.3, -0.25) is 9.52 Å². The van der Waals surface area contributed by atoms with Crippen molar-refractivity contribution in [2.24, 2.45) is 0 Å². The van der Waals surface area contributed by atoms with E-state index in [4.69, 9.17) is 16.3 Å². The van der Waals surface area contributed by atoms with Crippen LogP contribution in [0.2, 0.25) is 5.02 Å². The van der Waals surface area contributed by atoms with Crippen molar-refractivity contribution in [1.82, 2.24) is 0 Å². The second-order valence-corrected chi connectivity index (χ2v) is 8.23. The number of anilines is 1. The molecule has 0 fully saturated rings. The maximum absolute atomic E-state index is 12.9. The summed E-state index contributed by atoms with van der Waals surface area (Å²) in [6.45, 7) is 0. The Hall–Kier alpha value is -2.69. The van der Waals surface area contributed by atoms with Gasteiger partial charge in [0.15, 0.2) is 0 Å². The molecule has 1 heterocycles. The Kier molecular flexibility index (Phi) is 6.12. The summed E-state index contributed by atoms with van der Waals surface area (Å²) in [6.07, 6.45) is 6.14. The number of allylic oxidation sites excluding steroid dienone is 4. The van der Waals surface area contributed by atoms with Gasteiger partial charge in [-0.1, -0.05) is 23.4 Å². The van der Waals surface area contributed by atoms with Gasteiger partial charge in [-0.15, -0.1) is 0 Å². The van der Waals surface area contributed by atoms with Gasteiger partial charge in [0.05, 0.1) is 42.2 Å². The highest BCUT2D eigenvalue weighted by molar-refractivity contribution is 7.96. The van der Waals surface area contributed by atoms with E-state index in [-0.39, 0.29) is 12.4 Å². The molecular weight excluding hydrogens is 402 g/mol. The number of fused-ring (bicyclic) bond motifs is 1. The Labute approximate surface area is 168 Å². The fourth-order valence-corrected chi connectivity index (χ4v) is 4.49. The van der Waals surface area contributed by atoms with Crippen LogP contribution in [0.3, 0.4) is 0 Å². The largest absolute Gasteiger partial charge is 0.472 e. The third-order valence-electron chi connectivity index (χ3n) is 4.25. The van der Waals surface area contributed by atoms with Crippen molar-refractivity contribution in [1.29, 1.82) is 0 Å². The molecule has 1 N–H and O–H groups in total. The molecule has 0 bridgehead atoms. The highest BCUT2D eigenvalue weighted by atomic mass is 35.5. The van der Waals surface area contributed by atoms with Crippen LogP contribution >= 0.6 is 11.6 Å². The first-order valence-corrected chi connectivity index (χ1v) is 10.4. The van der Waals surface area contributed by atoms with Gasteiger partial charge >= 0.3 is 5.97 Å². The Morgan fingerprint density at radius 2 is 2.18 bits per heavy atom. The number of sulfonamides is 1. The van der Waals surface area contributed by atoms with E-state index in [0.717, 1.165) is 5.57 Å². The average molecular weight is 420 g/mol. The van der Waals surface area contributed by atoms with E-state index in [1.54, 1.807) is 30.5 Å². The van der Waals surface area contributed by atoms with Gasteiger partial charge in [-0.2, -0.15) is 0 Å². The highest BCUT2D eigenvalue weighted by Crippen LogP contribution is 2.38. The summed E-state index contributed by atoms with van der Waals surface area (Å²) >= 11 is 6.03. The predicted molar refractivity (Wildman–Crippen MR) is 107 cm³/mol. The quantitative estimate of drug-likeness (QED) is 0.578. The number of ether oxygens (including phenoxy) is 2. The maximum Gasteiger partial charge on any atom is 0.306 e. The molecule has 1 aromatic rings. The van der Waals surface area contributed by atoms with Crippen LogP contribution in [0.5, 0.6) is 0 Å². The van der Waals surface area contributed by atoms with Gasteiger partial charge < -0.3 is 9.47 Å². The summed E-state index contributed by atoms with van der Waals surface area (Å²) < 4.78 is 38.2. The molecule has 1 aliphatic carbocycles. The van der Waals surface area contributed by atoms with Crippen LogP contribution in [0.25, 0.3) is 0 Å². The molecule has 2 aliphatic rings. The molecule has 0 spiro atoms. The smallest absolute Gasteiger partial charge is 0.306 e. The standard InChI is InChI=1S/C20H18ClNO5S/c1-26-20(23)5-3-2-4-14-12-16(21)7-8-18(14)22-28(24,25)19-9-6-15-13-27-11-10-17(15)19/h7-8,10-13,22H,3,5-6,9H2,1H3. The number of hydrogen-bond donors (Lipinski definition) is 1. The summed E-state index contributed by atoms with van der Waals surface area (Å²) in [5.74, 6) is 5.36. The Morgan fingerprint density at radius 3 is 2.96 bits per heavy atom. The number of carbonyl (C=O) groups excluding carboxylic acids is 1. The number of carbonyl (C=O) groups is 1. The number of nitrogens with one attached hydrogen (secondary N) is 1. The van der Waals surface area contributed by atoms with Crippen LogP contribution in [0.15, 0.2) is 52.9 Å². The van der Waals surface area contributed by atoms with Crippen molar-refractivity contribution in [2.45, 2.75) is 25.7 Å². The van der Waals surface area contributed by atoms with Crippen molar-refractivity contribution < 1.29 is 22.7 Å². The van der Waals surface area contributed by atoms with Gasteiger partial charge in [0, 0.05) is 17.0 Å². The number of hydrogen-bond acceptors (Lipinski definition) is 5. The number of esters is 1. The number of benzene rings is 1. The molecule has 3 rings (SSSR count). The molecule has 146 valence electrons. The third-order valence-corrected chi connectivity index (χ3v) is 6.04. The Bertz CT molecular complexity index is 1060. The molecule has 0 radical (unpaired) electrons. The van der Waals surface area contributed by atoms with Crippen molar-refractivity contribution in [2.75, 3.05) is 11.8 Å². The fourth-order valence-electron chi connectivity index (χ4n) is 2.87. The Morgan fingerprint density at radius 1 is 1.36 bits per heavy atom. The van der Waals surface area contributed by atoms with Crippen molar-refractivity contribution in [3.8, 4) is 11.8 Å². The van der Waals surface area contributed by atoms with Crippen LogP contribution in [-0.2, 0) is 24.3 Å². The van der Waals surface area contributed by atoms with Crippen LogP contribution in [0.4, 0.5) is 5.69 Å². The third kappa shape index (κ3) is 4.58. The first-order valence-electron chi connectivity index (χ1n) is 8.53. The minimum absolute atomic E-state index is 0.158. The minimum Gasteiger partial charge on any atom is -0.472 e. The van der Waals surface area contributed by atoms with Gasteiger partial charge in [0.1, 0.15) is 0 Å². The molecule has 0 atom stereocenters. The van der Waals surface area contributed by atoms with Crippen molar-refractivity contribution >= 4 is 33.3 Å². The fraction of sp³-hybridized carbons (Fsp3) is 0.250. The van der Waals surface area contributed by atoms with E-state index in [1.807, 2.05) is 0 Å². The summed E-state index contributed by atoms with van der Waals surface area (Å²) in [4.78, 5) is 11.5. The zero-order valence-electron chi connectivity index (χ0n) is 15.1. The topological polar surface area (TPSA) is 81.7 Å². The van der Waals surface area contributed by atoms with E-state index >= 15 is 0 Å². The monoisotopic (exact) mass is 419 g/mol. The molecule has 0 aromatic heterocycles. The molecule has 0 amide bonds. The number of rotatable bonds is 5. The van der Waals surface area contributed by atoms with E-state index < -0.39 is 10.0 Å². The summed E-state index contributed by atoms with van der Waals surface area (Å²) in [5, 5.41) is 0.431. The normalized spacial score (nSPS) is 15.1. The molecule has 6 nitrogen and oxygen atoms in total. The zero-order chi connectivity index (χ0) is 20.1. The van der Waals surface area contributed by atoms with Gasteiger partial charge in [0.25, 0.3) is 10.0 Å². The molecule has 1 aromatic carbocycles. The summed E-state index contributed by atoms with van der Waals surface area (Å²) in [7, 11) is -2.46. The van der Waals surface area contributed by atoms with Crippen molar-refractivity contribution in [3.63, 3.8) is 0 Å². The lowest BCUT2D eigenvalue weighted by molar-refractivity contribution is -0.140. The second-order valence-electron chi connectivity index (χ2n) is 6.09. The summed E-state index contributed by atoms with van der Waals surface area (Å²) in [5.41, 5.74) is 2.29. The van der Waals surface area contributed by atoms with Crippen LogP contribution < -0.4 is 4.72 Å². The molecule has 0 saturated carbocycles. The number of halogens is 1. The lowest BCUT2D eigenvalue weighted by Gasteiger charge is -2.12. The summed E-state index contributed by atoms with van der Waals surface area (Å²) in [6, 6.07) is 4.74.